The quantitative estimate of drug-likeness (QED) is 0.244. The molecule has 1 amide bonds. The van der Waals surface area contributed by atoms with Gasteiger partial charge in [-0.3, -0.25) is 10.0 Å². The second kappa shape index (κ2) is 3.80. The molecule has 0 fully saturated rings. The lowest BCUT2D eigenvalue weighted by molar-refractivity contribution is -0.160. The molecule has 0 aromatic rings. The lowest BCUT2D eigenvalue weighted by Crippen LogP contribution is -2.26. The maximum Gasteiger partial charge on any atom is 0.269 e. The SMILES string of the molecule is C=CC(=O)N(O)CC=O. The third-order valence-electron chi connectivity index (χ3n) is 0.676. The molecule has 1 N–H and O–H groups in total. The number of amides is 1. The molecule has 0 radical (unpaired) electrons. The van der Waals surface area contributed by atoms with Gasteiger partial charge in [-0.2, -0.15) is 0 Å². The second-order valence-electron chi connectivity index (χ2n) is 1.29. The molecule has 0 bridgehead atoms. The van der Waals surface area contributed by atoms with E-state index in [9.17, 15) is 9.59 Å². The topological polar surface area (TPSA) is 57.6 Å². The largest absolute Gasteiger partial charge is 0.301 e. The van der Waals surface area contributed by atoms with Gasteiger partial charge in [0.05, 0.1) is 0 Å². The smallest absolute Gasteiger partial charge is 0.269 e. The minimum Gasteiger partial charge on any atom is -0.301 e. The lowest BCUT2D eigenvalue weighted by Gasteiger charge is -2.06. The molecule has 9 heavy (non-hydrogen) atoms. The summed E-state index contributed by atoms with van der Waals surface area (Å²) in [6.07, 6.45) is 1.34. The van der Waals surface area contributed by atoms with Gasteiger partial charge < -0.3 is 4.79 Å². The van der Waals surface area contributed by atoms with Crippen LogP contribution in [0.4, 0.5) is 0 Å². The van der Waals surface area contributed by atoms with Crippen LogP contribution in [0.3, 0.4) is 0 Å². The Kier molecular flexibility index (Phi) is 3.31. The van der Waals surface area contributed by atoms with Gasteiger partial charge in [0.1, 0.15) is 12.8 Å². The summed E-state index contributed by atoms with van der Waals surface area (Å²) < 4.78 is 0. The van der Waals surface area contributed by atoms with Gasteiger partial charge in [-0.25, -0.2) is 5.06 Å². The van der Waals surface area contributed by atoms with Gasteiger partial charge in [-0.1, -0.05) is 6.58 Å². The normalized spacial score (nSPS) is 8.11. The highest BCUT2D eigenvalue weighted by atomic mass is 16.5. The van der Waals surface area contributed by atoms with Crippen LogP contribution in [-0.2, 0) is 9.59 Å². The van der Waals surface area contributed by atoms with E-state index in [1.54, 1.807) is 0 Å². The molecule has 0 aromatic heterocycles. The van der Waals surface area contributed by atoms with E-state index in [1.807, 2.05) is 0 Å². The molecule has 0 aliphatic carbocycles. The van der Waals surface area contributed by atoms with Crippen LogP contribution in [0.1, 0.15) is 0 Å². The van der Waals surface area contributed by atoms with E-state index in [1.165, 1.54) is 0 Å². The van der Waals surface area contributed by atoms with Crippen molar-refractivity contribution in [3.05, 3.63) is 12.7 Å². The third-order valence-corrected chi connectivity index (χ3v) is 0.676. The highest BCUT2D eigenvalue weighted by Gasteiger charge is 2.02. The maximum atomic E-state index is 10.3. The Balaban J connectivity index is 3.71. The first-order valence-electron chi connectivity index (χ1n) is 2.28. The van der Waals surface area contributed by atoms with Gasteiger partial charge in [-0.15, -0.1) is 0 Å². The molecule has 0 heterocycles. The molecule has 50 valence electrons. The first kappa shape index (κ1) is 7.84. The molecule has 0 aliphatic rings. The first-order chi connectivity index (χ1) is 4.22. The first-order valence-corrected chi connectivity index (χ1v) is 2.28. The van der Waals surface area contributed by atoms with Gasteiger partial charge in [0.15, 0.2) is 0 Å². The zero-order valence-electron chi connectivity index (χ0n) is 4.78. The molecule has 0 saturated carbocycles. The van der Waals surface area contributed by atoms with Crippen molar-refractivity contribution in [1.82, 2.24) is 5.06 Å². The van der Waals surface area contributed by atoms with Crippen LogP contribution < -0.4 is 0 Å². The van der Waals surface area contributed by atoms with Crippen LogP contribution >= 0.6 is 0 Å². The monoisotopic (exact) mass is 129 g/mol. The standard InChI is InChI=1S/C5H7NO3/c1-2-5(8)6(9)3-4-7/h2,4,9H,1,3H2. The molecule has 0 aliphatic heterocycles. The Bertz CT molecular complexity index is 132. The third kappa shape index (κ3) is 2.61. The fourth-order valence-corrected chi connectivity index (χ4v) is 0.266. The summed E-state index contributed by atoms with van der Waals surface area (Å²) in [4.78, 5) is 19.9. The molecule has 4 nitrogen and oxygen atoms in total. The number of rotatable bonds is 3. The predicted octanol–water partition coefficient (Wildman–Crippen LogP) is -0.411. The van der Waals surface area contributed by atoms with Crippen LogP contribution in [0.5, 0.6) is 0 Å². The summed E-state index contributed by atoms with van der Waals surface area (Å²) in [6, 6.07) is 0. The van der Waals surface area contributed by atoms with E-state index in [0.717, 1.165) is 6.08 Å². The number of hydroxylamine groups is 2. The Morgan fingerprint density at radius 2 is 2.33 bits per heavy atom. The van der Waals surface area contributed by atoms with Gasteiger partial charge in [0.2, 0.25) is 0 Å². The van der Waals surface area contributed by atoms with Crippen LogP contribution in [0, 0.1) is 0 Å². The number of hydrogen-bond donors (Lipinski definition) is 1. The Labute approximate surface area is 52.3 Å². The summed E-state index contributed by atoms with van der Waals surface area (Å²) >= 11 is 0. The number of carbonyl (C=O) groups is 2. The summed E-state index contributed by atoms with van der Waals surface area (Å²) in [5.41, 5.74) is 0. The van der Waals surface area contributed by atoms with E-state index in [4.69, 9.17) is 5.21 Å². The number of nitrogens with zero attached hydrogens (tertiary/aromatic N) is 1. The van der Waals surface area contributed by atoms with Crippen molar-refractivity contribution in [3.8, 4) is 0 Å². The average molecular weight is 129 g/mol. The molecular weight excluding hydrogens is 122 g/mol. The van der Waals surface area contributed by atoms with Crippen LogP contribution in [0.25, 0.3) is 0 Å². The second-order valence-corrected chi connectivity index (χ2v) is 1.29. The summed E-state index contributed by atoms with van der Waals surface area (Å²) in [5.74, 6) is -0.679. The molecule has 0 atom stereocenters. The van der Waals surface area contributed by atoms with Gasteiger partial charge in [-0.05, 0) is 6.08 Å². The Morgan fingerprint density at radius 3 is 2.67 bits per heavy atom. The predicted molar refractivity (Wildman–Crippen MR) is 29.8 cm³/mol. The molecule has 0 saturated heterocycles. The van der Waals surface area contributed by atoms with Gasteiger partial charge >= 0.3 is 0 Å². The highest BCUT2D eigenvalue weighted by molar-refractivity contribution is 5.87. The fourth-order valence-electron chi connectivity index (χ4n) is 0.266. The van der Waals surface area contributed by atoms with E-state index < -0.39 is 5.91 Å². The lowest BCUT2D eigenvalue weighted by atomic mass is 10.5. The van der Waals surface area contributed by atoms with Crippen molar-refractivity contribution in [2.24, 2.45) is 0 Å². The zero-order chi connectivity index (χ0) is 7.28. The van der Waals surface area contributed by atoms with E-state index in [-0.39, 0.29) is 11.6 Å². The van der Waals surface area contributed by atoms with E-state index in [2.05, 4.69) is 6.58 Å². The maximum absolute atomic E-state index is 10.3. The van der Waals surface area contributed by atoms with Gasteiger partial charge in [0.25, 0.3) is 5.91 Å². The molecule has 0 rings (SSSR count). The average Bonchev–Trinajstić information content (AvgIpc) is 1.87. The fraction of sp³-hybridized carbons (Fsp3) is 0.200. The van der Waals surface area contributed by atoms with E-state index in [0.29, 0.717) is 6.29 Å². The molecule has 4 heteroatoms. The zero-order valence-corrected chi connectivity index (χ0v) is 4.78. The van der Waals surface area contributed by atoms with Crippen molar-refractivity contribution in [1.29, 1.82) is 0 Å². The van der Waals surface area contributed by atoms with E-state index >= 15 is 0 Å². The highest BCUT2D eigenvalue weighted by Crippen LogP contribution is 1.80. The van der Waals surface area contributed by atoms with Gasteiger partial charge in [0, 0.05) is 0 Å². The molecule has 0 aromatic carbocycles. The van der Waals surface area contributed by atoms with Crippen molar-refractivity contribution >= 4 is 12.2 Å². The van der Waals surface area contributed by atoms with Crippen LogP contribution in [0.2, 0.25) is 0 Å². The summed E-state index contributed by atoms with van der Waals surface area (Å²) in [5, 5.41) is 8.78. The Hall–Kier alpha value is -1.16. The summed E-state index contributed by atoms with van der Waals surface area (Å²) in [7, 11) is 0. The minimum atomic E-state index is -0.679. The summed E-state index contributed by atoms with van der Waals surface area (Å²) in [6.45, 7) is 2.78. The Morgan fingerprint density at radius 1 is 1.78 bits per heavy atom. The van der Waals surface area contributed by atoms with Crippen molar-refractivity contribution < 1.29 is 14.8 Å². The number of carbonyl (C=O) groups excluding carboxylic acids is 2. The van der Waals surface area contributed by atoms with Crippen molar-refractivity contribution in [3.63, 3.8) is 0 Å². The van der Waals surface area contributed by atoms with Crippen LogP contribution in [0.15, 0.2) is 12.7 Å². The minimum absolute atomic E-state index is 0.278. The van der Waals surface area contributed by atoms with Crippen molar-refractivity contribution in [2.75, 3.05) is 6.54 Å². The number of hydrogen-bond acceptors (Lipinski definition) is 3. The number of aldehydes is 1. The van der Waals surface area contributed by atoms with Crippen LogP contribution in [-0.4, -0.2) is 29.0 Å². The molecule has 0 spiro atoms. The van der Waals surface area contributed by atoms with Crippen molar-refractivity contribution in [2.45, 2.75) is 0 Å². The molecular formula is C5H7NO3. The molecule has 0 unspecified atom stereocenters.